The molecule has 8 rings (SSSR count). The van der Waals surface area contributed by atoms with Gasteiger partial charge in [0.1, 0.15) is 7.05 Å². The molecule has 2 heteroatoms. The highest BCUT2D eigenvalue weighted by molar-refractivity contribution is 6.08. The second-order valence-electron chi connectivity index (χ2n) is 13.5. The number of hydrogen-bond acceptors (Lipinski definition) is 1. The Morgan fingerprint density at radius 1 is 0.600 bits per heavy atom. The summed E-state index contributed by atoms with van der Waals surface area (Å²) in [6.07, 6.45) is 30.1. The lowest BCUT2D eigenvalue weighted by atomic mass is 9.74. The second kappa shape index (κ2) is 11.2. The summed E-state index contributed by atoms with van der Waals surface area (Å²) in [5.41, 5.74) is 9.01. The van der Waals surface area contributed by atoms with Crippen molar-refractivity contribution in [2.45, 2.75) is 62.2 Å². The Morgan fingerprint density at radius 2 is 1.16 bits per heavy atom. The summed E-state index contributed by atoms with van der Waals surface area (Å²) in [6, 6.07) is 27.1. The predicted octanol–water partition coefficient (Wildman–Crippen LogP) is 10.6. The van der Waals surface area contributed by atoms with E-state index in [0.29, 0.717) is 0 Å². The number of fused-ring (bicyclic) bond motifs is 8. The van der Waals surface area contributed by atoms with Crippen LogP contribution in [-0.2, 0) is 10.8 Å². The van der Waals surface area contributed by atoms with Crippen molar-refractivity contribution >= 4 is 38.6 Å². The van der Waals surface area contributed by atoms with Gasteiger partial charge in [-0.1, -0.05) is 123 Å². The predicted molar refractivity (Wildman–Crippen MR) is 192 cm³/mol. The molecular formula is C43H43N2+. The van der Waals surface area contributed by atoms with Gasteiger partial charge in [-0.25, -0.2) is 0 Å². The second-order valence-corrected chi connectivity index (χ2v) is 13.5. The fraction of sp³-hybridized carbons (Fsp3) is 0.279. The van der Waals surface area contributed by atoms with E-state index in [-0.39, 0.29) is 10.8 Å². The standard InChI is InChI=1S/C43H43N2/c1-44-36-26-24-32-18-10-12-20-34(32)40(36)42(28-14-15-29-42)38(44)22-8-6-4-3-5-7-9-23-39-43(30-16-17-31-43)41-35-21-13-11-19-33(35)25-27-37(41)45(39)2/h3-13,18-27H,14-17,28-31H2,1-2H3/q+1. The first-order chi connectivity index (χ1) is 22.1. The lowest BCUT2D eigenvalue weighted by molar-refractivity contribution is -0.401. The van der Waals surface area contributed by atoms with Crippen molar-refractivity contribution in [3.8, 4) is 0 Å². The molecule has 0 atom stereocenters. The Kier molecular flexibility index (Phi) is 6.97. The molecule has 0 saturated heterocycles. The molecule has 2 fully saturated rings. The summed E-state index contributed by atoms with van der Waals surface area (Å²) in [6.45, 7) is 0. The van der Waals surface area contributed by atoms with Crippen LogP contribution >= 0.6 is 0 Å². The van der Waals surface area contributed by atoms with Gasteiger partial charge in [-0.15, -0.1) is 0 Å². The minimum Gasteiger partial charge on any atom is -0.347 e. The van der Waals surface area contributed by atoms with Gasteiger partial charge in [0.25, 0.3) is 0 Å². The van der Waals surface area contributed by atoms with Crippen LogP contribution < -0.4 is 4.90 Å². The molecule has 0 N–H and O–H groups in total. The third-order valence-corrected chi connectivity index (χ3v) is 11.3. The van der Waals surface area contributed by atoms with Crippen molar-refractivity contribution < 1.29 is 4.58 Å². The first kappa shape index (κ1) is 28.1. The summed E-state index contributed by atoms with van der Waals surface area (Å²) < 4.78 is 2.45. The summed E-state index contributed by atoms with van der Waals surface area (Å²) >= 11 is 0. The number of nitrogens with zero attached hydrogens (tertiary/aromatic N) is 2. The first-order valence-corrected chi connectivity index (χ1v) is 16.9. The molecule has 4 aromatic rings. The molecule has 2 spiro atoms. The quantitative estimate of drug-likeness (QED) is 0.166. The molecule has 2 heterocycles. The Labute approximate surface area is 268 Å². The average Bonchev–Trinajstić information content (AvgIpc) is 3.85. The Hall–Kier alpha value is -4.43. The maximum absolute atomic E-state index is 2.45. The van der Waals surface area contributed by atoms with Gasteiger partial charge in [-0.3, -0.25) is 0 Å². The Morgan fingerprint density at radius 3 is 1.84 bits per heavy atom. The van der Waals surface area contributed by atoms with Gasteiger partial charge in [0, 0.05) is 41.6 Å². The SMILES string of the molecule is CN1/C(=C/C=C/C=C/C=C/C=C/C2=[N+](C)c3ccc4ccccc4c3C23CCCC3)C2(CCCC2)c2c1ccc1ccccc21. The van der Waals surface area contributed by atoms with Crippen LogP contribution in [0.15, 0.2) is 133 Å². The van der Waals surface area contributed by atoms with Crippen molar-refractivity contribution in [2.75, 3.05) is 19.0 Å². The summed E-state index contributed by atoms with van der Waals surface area (Å²) in [5.74, 6) is 0. The summed E-state index contributed by atoms with van der Waals surface area (Å²) in [7, 11) is 4.50. The maximum atomic E-state index is 2.45. The topological polar surface area (TPSA) is 6.25 Å². The third kappa shape index (κ3) is 4.33. The van der Waals surface area contributed by atoms with Crippen LogP contribution in [0.3, 0.4) is 0 Å². The van der Waals surface area contributed by atoms with Gasteiger partial charge in [-0.05, 0) is 71.0 Å². The zero-order chi connectivity index (χ0) is 30.4. The zero-order valence-electron chi connectivity index (χ0n) is 26.7. The van der Waals surface area contributed by atoms with E-state index in [4.69, 9.17) is 0 Å². The molecule has 0 bridgehead atoms. The minimum absolute atomic E-state index is 0.136. The number of benzene rings is 4. The molecule has 0 amide bonds. The number of likely N-dealkylation sites (N-methyl/N-ethyl adjacent to an activating group) is 1. The smallest absolute Gasteiger partial charge is 0.210 e. The lowest BCUT2D eigenvalue weighted by Gasteiger charge is -2.28. The van der Waals surface area contributed by atoms with Crippen LogP contribution in [0.4, 0.5) is 11.4 Å². The van der Waals surface area contributed by atoms with Crippen LogP contribution in [0.1, 0.15) is 62.5 Å². The molecule has 2 aliphatic heterocycles. The van der Waals surface area contributed by atoms with Crippen LogP contribution in [0.25, 0.3) is 21.5 Å². The van der Waals surface area contributed by atoms with Gasteiger partial charge < -0.3 is 4.90 Å². The van der Waals surface area contributed by atoms with Gasteiger partial charge in [0.15, 0.2) is 5.71 Å². The van der Waals surface area contributed by atoms with Crippen molar-refractivity contribution in [1.82, 2.24) is 0 Å². The molecule has 2 aliphatic carbocycles. The van der Waals surface area contributed by atoms with Crippen molar-refractivity contribution in [1.29, 1.82) is 0 Å². The molecule has 224 valence electrons. The molecule has 45 heavy (non-hydrogen) atoms. The van der Waals surface area contributed by atoms with E-state index in [0.717, 1.165) is 0 Å². The van der Waals surface area contributed by atoms with Gasteiger partial charge in [0.2, 0.25) is 5.69 Å². The zero-order valence-corrected chi connectivity index (χ0v) is 26.7. The highest BCUT2D eigenvalue weighted by Crippen LogP contribution is 2.58. The van der Waals surface area contributed by atoms with Crippen LogP contribution in [0.5, 0.6) is 0 Å². The van der Waals surface area contributed by atoms with E-state index >= 15 is 0 Å². The van der Waals surface area contributed by atoms with E-state index in [2.05, 4.69) is 151 Å². The maximum Gasteiger partial charge on any atom is 0.210 e. The molecule has 4 aliphatic rings. The molecule has 2 nitrogen and oxygen atoms in total. The largest absolute Gasteiger partial charge is 0.347 e. The third-order valence-electron chi connectivity index (χ3n) is 11.3. The van der Waals surface area contributed by atoms with Crippen LogP contribution in [0, 0.1) is 0 Å². The fourth-order valence-electron chi connectivity index (χ4n) is 9.37. The lowest BCUT2D eigenvalue weighted by Crippen LogP contribution is -2.30. The van der Waals surface area contributed by atoms with Gasteiger partial charge >= 0.3 is 0 Å². The average molecular weight is 588 g/mol. The molecule has 0 aromatic heterocycles. The number of anilines is 1. The van der Waals surface area contributed by atoms with Crippen LogP contribution in [0.2, 0.25) is 0 Å². The molecule has 0 radical (unpaired) electrons. The van der Waals surface area contributed by atoms with E-state index in [1.165, 1.54) is 95.7 Å². The minimum atomic E-state index is 0.136. The Bertz CT molecular complexity index is 1980. The van der Waals surface area contributed by atoms with Crippen molar-refractivity contribution in [3.63, 3.8) is 0 Å². The van der Waals surface area contributed by atoms with Gasteiger partial charge in [0.05, 0.1) is 5.41 Å². The molecular weight excluding hydrogens is 544 g/mol. The highest BCUT2D eigenvalue weighted by atomic mass is 15.2. The van der Waals surface area contributed by atoms with E-state index < -0.39 is 0 Å². The van der Waals surface area contributed by atoms with Crippen molar-refractivity contribution in [3.05, 3.63) is 144 Å². The monoisotopic (exact) mass is 587 g/mol. The summed E-state index contributed by atoms with van der Waals surface area (Å²) in [4.78, 5) is 2.45. The highest BCUT2D eigenvalue weighted by Gasteiger charge is 2.52. The number of allylic oxidation sites excluding steroid dienone is 10. The number of hydrogen-bond donors (Lipinski definition) is 0. The fourth-order valence-corrected chi connectivity index (χ4v) is 9.37. The number of rotatable bonds is 5. The first-order valence-electron chi connectivity index (χ1n) is 16.9. The van der Waals surface area contributed by atoms with E-state index in [1.807, 2.05) is 0 Å². The molecule has 4 aromatic carbocycles. The summed E-state index contributed by atoms with van der Waals surface area (Å²) in [5, 5.41) is 5.55. The van der Waals surface area contributed by atoms with E-state index in [1.54, 1.807) is 11.1 Å². The Balaban J connectivity index is 0.998. The van der Waals surface area contributed by atoms with Crippen LogP contribution in [-0.4, -0.2) is 24.4 Å². The normalized spacial score (nSPS) is 21.2. The molecule has 0 unspecified atom stereocenters. The van der Waals surface area contributed by atoms with Gasteiger partial charge in [-0.2, -0.15) is 4.58 Å². The van der Waals surface area contributed by atoms with E-state index in [9.17, 15) is 0 Å². The molecule has 2 saturated carbocycles. The van der Waals surface area contributed by atoms with Crippen molar-refractivity contribution in [2.24, 2.45) is 0 Å².